The number of likely N-dealkylation sites (N-methyl/N-ethyl adjacent to an activating group) is 2. The largest absolute Gasteiger partial charge is 0.397 e. The molecule has 0 aromatic heterocycles. The lowest BCUT2D eigenvalue weighted by Crippen LogP contribution is -2.57. The van der Waals surface area contributed by atoms with Gasteiger partial charge < -0.3 is 37.2 Å². The van der Waals surface area contributed by atoms with E-state index in [0.717, 1.165) is 25.9 Å². The number of nitrogens with one attached hydrogen (secondary N) is 3. The third-order valence-corrected chi connectivity index (χ3v) is 8.33. The van der Waals surface area contributed by atoms with E-state index < -0.39 is 18.0 Å². The van der Waals surface area contributed by atoms with Crippen molar-refractivity contribution in [2.45, 2.75) is 49.6 Å². The Morgan fingerprint density at radius 3 is 2.19 bits per heavy atom. The quantitative estimate of drug-likeness (QED) is 0.0914. The van der Waals surface area contributed by atoms with Crippen molar-refractivity contribution in [3.8, 4) is 0 Å². The van der Waals surface area contributed by atoms with Gasteiger partial charge in [-0.25, -0.2) is 0 Å². The molecule has 12 heteroatoms. The first-order chi connectivity index (χ1) is 20.6. The molecule has 4 atom stereocenters. The third-order valence-electron chi connectivity index (χ3n) is 8.33. The summed E-state index contributed by atoms with van der Waals surface area (Å²) in [6.07, 6.45) is 6.66. The molecule has 0 amide bonds. The molecule has 4 radical (unpaired) electrons. The molecular weight excluding hydrogens is 538 g/mol. The van der Waals surface area contributed by atoms with Crippen LogP contribution in [0.1, 0.15) is 46.4 Å². The molecule has 3 rings (SSSR count). The minimum Gasteiger partial charge on any atom is -0.397 e. The van der Waals surface area contributed by atoms with Crippen molar-refractivity contribution in [1.29, 1.82) is 0 Å². The van der Waals surface area contributed by atoms with E-state index in [9.17, 15) is 9.59 Å². The number of ketones is 2. The van der Waals surface area contributed by atoms with Crippen LogP contribution in [0, 0.1) is 0 Å². The minimum atomic E-state index is -0.544. The monoisotopic (exact) mass is 588 g/mol. The molecule has 10 nitrogen and oxygen atoms in total. The number of Topliss-reactive ketones (excluding diaryl/α,β-unsaturated/α-hetero) is 2. The summed E-state index contributed by atoms with van der Waals surface area (Å²) in [5.74, 6) is -1.20. The van der Waals surface area contributed by atoms with Crippen LogP contribution in [0.2, 0.25) is 0 Å². The Hall–Kier alpha value is -2.47. The van der Waals surface area contributed by atoms with Crippen LogP contribution in [0.25, 0.3) is 0 Å². The lowest BCUT2D eigenvalue weighted by atomic mass is 9.73. The normalized spacial score (nSPS) is 19.6. The Bertz CT molecular complexity index is 1170. The Balaban J connectivity index is 2.09. The fraction of sp³-hybridized carbons (Fsp3) is 0.613. The number of carbonyl (C=O) groups excluding carboxylic acids is 2. The molecule has 1 aromatic carbocycles. The molecule has 0 aliphatic heterocycles. The van der Waals surface area contributed by atoms with Gasteiger partial charge in [-0.15, -0.1) is 0 Å². The summed E-state index contributed by atoms with van der Waals surface area (Å²) in [7, 11) is 23.2. The highest BCUT2D eigenvalue weighted by molar-refractivity contribution is 6.31. The van der Waals surface area contributed by atoms with E-state index in [1.165, 1.54) is 0 Å². The number of rotatable bonds is 18. The van der Waals surface area contributed by atoms with E-state index in [0.29, 0.717) is 72.7 Å². The van der Waals surface area contributed by atoms with Crippen LogP contribution in [0.15, 0.2) is 35.4 Å². The number of benzene rings is 1. The second kappa shape index (κ2) is 16.6. The van der Waals surface area contributed by atoms with Gasteiger partial charge in [0.1, 0.15) is 0 Å². The molecule has 0 heterocycles. The van der Waals surface area contributed by atoms with Gasteiger partial charge in [0.15, 0.2) is 11.6 Å². The van der Waals surface area contributed by atoms with Crippen molar-refractivity contribution < 1.29 is 9.59 Å². The minimum absolute atomic E-state index is 0.220. The molecule has 2 aliphatic rings. The van der Waals surface area contributed by atoms with E-state index in [-0.39, 0.29) is 17.5 Å². The number of fused-ring (bicyclic) bond motifs is 1. The van der Waals surface area contributed by atoms with Crippen LogP contribution in [-0.2, 0) is 0 Å². The molecule has 0 spiro atoms. The van der Waals surface area contributed by atoms with Crippen LogP contribution in [0.3, 0.4) is 0 Å². The highest BCUT2D eigenvalue weighted by atomic mass is 16.1. The first-order valence-corrected chi connectivity index (χ1v) is 15.4. The number of hydrogen-bond acceptors (Lipinski definition) is 10. The zero-order valence-corrected chi connectivity index (χ0v) is 26.7. The summed E-state index contributed by atoms with van der Waals surface area (Å²) in [4.78, 5) is 35.0. The molecule has 0 saturated carbocycles. The third kappa shape index (κ3) is 8.17. The maximum atomic E-state index is 14.4. The van der Waals surface area contributed by atoms with Gasteiger partial charge in [0.25, 0.3) is 0 Å². The van der Waals surface area contributed by atoms with Gasteiger partial charge in [0.2, 0.25) is 0 Å². The second-order valence-corrected chi connectivity index (χ2v) is 11.8. The standard InChI is InChI=1S/C31H50B2N8O2/c1-36-14-6-8-24(32)40(18-15-37-2)28-22(34)12-10-20-26(28)30(42)21-11-13-23(35)29(27(21)31(20)43)41(19-16-38-3)25(33)9-7-17-39(4)5/h10-13,22,24-25,28,36-38H,6-9,14-19,34-35H2,1-5H3/t22?,24-,25-,28?/m0/s1. The van der Waals surface area contributed by atoms with E-state index >= 15 is 0 Å². The predicted molar refractivity (Wildman–Crippen MR) is 179 cm³/mol. The van der Waals surface area contributed by atoms with E-state index in [2.05, 4.69) is 25.8 Å². The van der Waals surface area contributed by atoms with E-state index in [1.54, 1.807) is 18.2 Å². The van der Waals surface area contributed by atoms with Crippen molar-refractivity contribution in [1.82, 2.24) is 25.8 Å². The Labute approximate surface area is 260 Å². The zero-order valence-electron chi connectivity index (χ0n) is 26.7. The smallest absolute Gasteiger partial charge is 0.196 e. The van der Waals surface area contributed by atoms with Crippen molar-refractivity contribution in [3.05, 3.63) is 46.6 Å². The van der Waals surface area contributed by atoms with Gasteiger partial charge in [-0.1, -0.05) is 12.2 Å². The molecule has 43 heavy (non-hydrogen) atoms. The van der Waals surface area contributed by atoms with E-state index in [1.807, 2.05) is 46.2 Å². The Morgan fingerprint density at radius 1 is 0.884 bits per heavy atom. The number of carbonyl (C=O) groups is 2. The summed E-state index contributed by atoms with van der Waals surface area (Å²) in [6, 6.07) is 2.32. The second-order valence-electron chi connectivity index (χ2n) is 11.8. The molecular formula is C31H50B2N8O2. The first-order valence-electron chi connectivity index (χ1n) is 15.4. The number of hydrogen-bond donors (Lipinski definition) is 5. The molecule has 0 fully saturated rings. The lowest BCUT2D eigenvalue weighted by molar-refractivity contribution is 0.0938. The fourth-order valence-electron chi connectivity index (χ4n) is 6.07. The zero-order chi connectivity index (χ0) is 31.7. The molecule has 2 aliphatic carbocycles. The van der Waals surface area contributed by atoms with Crippen LogP contribution >= 0.6 is 0 Å². The van der Waals surface area contributed by atoms with Gasteiger partial charge in [-0.2, -0.15) is 0 Å². The average molecular weight is 588 g/mol. The topological polar surface area (TPSA) is 132 Å². The Morgan fingerprint density at radius 2 is 1.53 bits per heavy atom. The van der Waals surface area contributed by atoms with Gasteiger partial charge in [-0.05, 0) is 98.0 Å². The van der Waals surface area contributed by atoms with Crippen LogP contribution in [0.4, 0.5) is 11.4 Å². The number of nitrogens with zero attached hydrogens (tertiary/aromatic N) is 3. The highest BCUT2D eigenvalue weighted by Gasteiger charge is 2.44. The summed E-state index contributed by atoms with van der Waals surface area (Å²) in [5.41, 5.74) is 15.6. The number of anilines is 2. The highest BCUT2D eigenvalue weighted by Crippen LogP contribution is 2.41. The molecule has 232 valence electrons. The van der Waals surface area contributed by atoms with Crippen molar-refractivity contribution in [2.75, 3.05) is 85.1 Å². The van der Waals surface area contributed by atoms with Crippen LogP contribution in [-0.4, -0.2) is 136 Å². The van der Waals surface area contributed by atoms with Crippen molar-refractivity contribution >= 4 is 38.6 Å². The predicted octanol–water partition coefficient (Wildman–Crippen LogP) is 0.0879. The molecule has 2 unspecified atom stereocenters. The van der Waals surface area contributed by atoms with Gasteiger partial charge in [0, 0.05) is 48.9 Å². The molecule has 0 bridgehead atoms. The van der Waals surface area contributed by atoms with Crippen LogP contribution < -0.4 is 32.3 Å². The fourth-order valence-corrected chi connectivity index (χ4v) is 6.07. The summed E-state index contributed by atoms with van der Waals surface area (Å²) >= 11 is 0. The summed E-state index contributed by atoms with van der Waals surface area (Å²) in [5, 5.41) is 9.51. The number of allylic oxidation sites excluding steroid dienone is 2. The number of nitrogen functional groups attached to an aromatic ring is 1. The van der Waals surface area contributed by atoms with E-state index in [4.69, 9.17) is 27.2 Å². The lowest BCUT2D eigenvalue weighted by Gasteiger charge is -2.43. The van der Waals surface area contributed by atoms with Crippen LogP contribution in [0.5, 0.6) is 0 Å². The number of nitrogens with two attached hydrogens (primary N) is 2. The average Bonchev–Trinajstić information content (AvgIpc) is 2.97. The maximum absolute atomic E-state index is 14.4. The molecule has 7 N–H and O–H groups in total. The van der Waals surface area contributed by atoms with Gasteiger partial charge >= 0.3 is 0 Å². The van der Waals surface area contributed by atoms with Crippen molar-refractivity contribution in [2.24, 2.45) is 5.73 Å². The molecule has 1 aromatic rings. The Kier molecular flexibility index (Phi) is 13.5. The van der Waals surface area contributed by atoms with Crippen molar-refractivity contribution in [3.63, 3.8) is 0 Å². The van der Waals surface area contributed by atoms with Gasteiger partial charge in [-0.3, -0.25) is 14.5 Å². The molecule has 0 saturated heterocycles. The maximum Gasteiger partial charge on any atom is 0.196 e. The SMILES string of the molecule is [B][C@H](CCCN(C)C)N(CCNC)c1c(N)ccc2c1C(=O)C1=C(C2=O)C(N(CCNC)[C@H]([B])CCCNC)C(N)C=C1. The summed E-state index contributed by atoms with van der Waals surface area (Å²) in [6.45, 7) is 4.09. The first kappa shape index (κ1) is 35.0. The summed E-state index contributed by atoms with van der Waals surface area (Å²) < 4.78 is 0. The van der Waals surface area contributed by atoms with Gasteiger partial charge in [0.05, 0.1) is 38.7 Å².